The van der Waals surface area contributed by atoms with Crippen LogP contribution in [0, 0.1) is 0 Å². The first kappa shape index (κ1) is 21.7. The van der Waals surface area contributed by atoms with E-state index in [4.69, 9.17) is 29.0 Å². The number of thioether (sulfide) groups is 2. The van der Waals surface area contributed by atoms with Gasteiger partial charge in [0.1, 0.15) is 0 Å². The number of nitrogens with zero attached hydrogens (tertiary/aromatic N) is 3. The van der Waals surface area contributed by atoms with Crippen molar-refractivity contribution in [3.63, 3.8) is 0 Å². The Hall–Kier alpha value is -2.01. The van der Waals surface area contributed by atoms with Gasteiger partial charge < -0.3 is 11.2 Å². The first-order chi connectivity index (χ1) is 13.8. The van der Waals surface area contributed by atoms with Crippen molar-refractivity contribution in [1.82, 2.24) is 14.9 Å². The van der Waals surface area contributed by atoms with Gasteiger partial charge in [-0.3, -0.25) is 4.79 Å². The molecule has 1 aromatic heterocycles. The van der Waals surface area contributed by atoms with Gasteiger partial charge in [-0.05, 0) is 42.5 Å². The number of carbonyl (C=O) groups excluding carboxylic acids is 1. The molecule has 3 aromatic rings. The van der Waals surface area contributed by atoms with Crippen LogP contribution in [-0.2, 0) is 4.79 Å². The topological polar surface area (TPSA) is 85.8 Å². The van der Waals surface area contributed by atoms with Crippen molar-refractivity contribution in [1.29, 1.82) is 0 Å². The number of hydrogen-bond acceptors (Lipinski definition) is 6. The Balaban J connectivity index is 1.61. The molecule has 0 aliphatic carbocycles. The molecule has 2 aromatic carbocycles. The van der Waals surface area contributed by atoms with E-state index in [1.165, 1.54) is 16.8 Å². The van der Waals surface area contributed by atoms with Crippen LogP contribution in [0.25, 0.3) is 11.4 Å². The molecule has 0 atom stereocenters. The fraction of sp³-hybridized carbons (Fsp3) is 0.118. The number of halogens is 4. The van der Waals surface area contributed by atoms with Crippen molar-refractivity contribution < 1.29 is 13.6 Å². The minimum atomic E-state index is -2.49. The van der Waals surface area contributed by atoms with E-state index in [-0.39, 0.29) is 11.7 Å². The highest BCUT2D eigenvalue weighted by molar-refractivity contribution is 8.00. The molecule has 1 amide bonds. The molecule has 29 heavy (non-hydrogen) atoms. The van der Waals surface area contributed by atoms with Crippen LogP contribution in [0.3, 0.4) is 0 Å². The van der Waals surface area contributed by atoms with Gasteiger partial charge in [0.05, 0.1) is 10.8 Å². The Morgan fingerprint density at radius 3 is 2.59 bits per heavy atom. The predicted octanol–water partition coefficient (Wildman–Crippen LogP) is 5.01. The van der Waals surface area contributed by atoms with Crippen LogP contribution in [0.5, 0.6) is 0 Å². The Labute approximate surface area is 183 Å². The fourth-order valence-corrected chi connectivity index (χ4v) is 3.80. The van der Waals surface area contributed by atoms with E-state index in [0.29, 0.717) is 48.9 Å². The van der Waals surface area contributed by atoms with Crippen LogP contribution in [0.1, 0.15) is 0 Å². The van der Waals surface area contributed by atoms with Gasteiger partial charge in [0, 0.05) is 21.2 Å². The molecule has 0 radical (unpaired) electrons. The molecule has 0 saturated carbocycles. The van der Waals surface area contributed by atoms with Gasteiger partial charge in [0.2, 0.25) is 11.1 Å². The summed E-state index contributed by atoms with van der Waals surface area (Å²) in [4.78, 5) is 12.6. The van der Waals surface area contributed by atoms with Crippen LogP contribution >= 0.6 is 46.7 Å². The molecule has 152 valence electrons. The van der Waals surface area contributed by atoms with Crippen molar-refractivity contribution in [2.75, 3.05) is 16.9 Å². The highest BCUT2D eigenvalue weighted by Gasteiger charge is 2.16. The van der Waals surface area contributed by atoms with Gasteiger partial charge >= 0.3 is 0 Å². The molecule has 12 heteroatoms. The summed E-state index contributed by atoms with van der Waals surface area (Å²) < 4.78 is 25.9. The maximum absolute atomic E-state index is 12.3. The Morgan fingerprint density at radius 1 is 1.17 bits per heavy atom. The van der Waals surface area contributed by atoms with Gasteiger partial charge in [-0.25, -0.2) is 4.68 Å². The van der Waals surface area contributed by atoms with E-state index in [1.807, 2.05) is 0 Å². The van der Waals surface area contributed by atoms with Crippen LogP contribution in [0.15, 0.2) is 52.5 Å². The molecular formula is C17H13Cl2F2N5OS2. The van der Waals surface area contributed by atoms with Gasteiger partial charge in [0.15, 0.2) is 5.82 Å². The molecule has 3 N–H and O–H groups in total. The molecule has 1 heterocycles. The fourth-order valence-electron chi connectivity index (χ4n) is 2.27. The summed E-state index contributed by atoms with van der Waals surface area (Å²) in [5, 5.41) is 11.9. The standard InChI is InChI=1S/C17H13Cl2F2N5OS2/c18-9-1-6-13(19)12(7-9)15-24-25-17(26(15)22)28-8-14(27)23-10-2-4-11(5-3-10)29-16(20)21/h1-7,16H,8,22H2,(H,23,27). The monoisotopic (exact) mass is 475 g/mol. The number of hydrogen-bond donors (Lipinski definition) is 2. The third-order valence-electron chi connectivity index (χ3n) is 3.53. The van der Waals surface area contributed by atoms with E-state index >= 15 is 0 Å². The SMILES string of the molecule is Nn1c(SCC(=O)Nc2ccc(SC(F)F)cc2)nnc1-c1cc(Cl)ccc1Cl. The molecule has 0 unspecified atom stereocenters. The zero-order valence-electron chi connectivity index (χ0n) is 14.5. The van der Waals surface area contributed by atoms with Crippen LogP contribution in [-0.4, -0.2) is 32.3 Å². The van der Waals surface area contributed by atoms with Crippen LogP contribution in [0.4, 0.5) is 14.5 Å². The lowest BCUT2D eigenvalue weighted by atomic mass is 10.2. The second-order valence-electron chi connectivity index (χ2n) is 5.54. The third-order valence-corrected chi connectivity index (χ3v) is 5.76. The van der Waals surface area contributed by atoms with E-state index in [0.717, 1.165) is 11.8 Å². The minimum Gasteiger partial charge on any atom is -0.335 e. The number of carbonyl (C=O) groups is 1. The van der Waals surface area contributed by atoms with Gasteiger partial charge in [0.25, 0.3) is 5.76 Å². The normalized spacial score (nSPS) is 11.1. The van der Waals surface area contributed by atoms with E-state index in [1.54, 1.807) is 30.3 Å². The number of anilines is 1. The maximum atomic E-state index is 12.3. The number of amides is 1. The molecule has 0 bridgehead atoms. The number of nitrogen functional groups attached to an aromatic ring is 1. The van der Waals surface area contributed by atoms with Crippen molar-refractivity contribution >= 4 is 58.3 Å². The number of alkyl halides is 2. The maximum Gasteiger partial charge on any atom is 0.288 e. The Kier molecular flexibility index (Phi) is 7.23. The predicted molar refractivity (Wildman–Crippen MR) is 113 cm³/mol. The molecule has 0 fully saturated rings. The summed E-state index contributed by atoms with van der Waals surface area (Å²) in [5.41, 5.74) is 1.02. The Morgan fingerprint density at radius 2 is 1.90 bits per heavy atom. The molecule has 3 rings (SSSR count). The molecule has 0 saturated heterocycles. The van der Waals surface area contributed by atoms with Crippen LogP contribution < -0.4 is 11.2 Å². The summed E-state index contributed by atoms with van der Waals surface area (Å²) in [6.45, 7) is 0. The number of nitrogens with two attached hydrogens (primary N) is 1. The average molecular weight is 476 g/mol. The summed E-state index contributed by atoms with van der Waals surface area (Å²) in [6.07, 6.45) is 0. The lowest BCUT2D eigenvalue weighted by Crippen LogP contribution is -2.16. The lowest BCUT2D eigenvalue weighted by molar-refractivity contribution is -0.113. The Bertz CT molecular complexity index is 1020. The minimum absolute atomic E-state index is 0.0200. The number of rotatable bonds is 7. The first-order valence-corrected chi connectivity index (χ1v) is 10.6. The summed E-state index contributed by atoms with van der Waals surface area (Å²) in [5.74, 6) is 3.55. The average Bonchev–Trinajstić information content (AvgIpc) is 3.03. The van der Waals surface area contributed by atoms with E-state index in [2.05, 4.69) is 15.5 Å². The van der Waals surface area contributed by atoms with Crippen molar-refractivity contribution in [3.05, 3.63) is 52.5 Å². The van der Waals surface area contributed by atoms with Crippen molar-refractivity contribution in [3.8, 4) is 11.4 Å². The summed E-state index contributed by atoms with van der Waals surface area (Å²) in [7, 11) is 0. The number of aromatic nitrogens is 3. The summed E-state index contributed by atoms with van der Waals surface area (Å²) in [6, 6.07) is 11.0. The quantitative estimate of drug-likeness (QED) is 0.368. The highest BCUT2D eigenvalue weighted by Crippen LogP contribution is 2.30. The van der Waals surface area contributed by atoms with Crippen molar-refractivity contribution in [2.45, 2.75) is 15.8 Å². The zero-order chi connectivity index (χ0) is 21.0. The molecule has 6 nitrogen and oxygen atoms in total. The molecule has 0 aliphatic heterocycles. The largest absolute Gasteiger partial charge is 0.335 e. The second kappa shape index (κ2) is 9.66. The van der Waals surface area contributed by atoms with Gasteiger partial charge in [-0.15, -0.1) is 10.2 Å². The smallest absolute Gasteiger partial charge is 0.288 e. The van der Waals surface area contributed by atoms with Crippen LogP contribution in [0.2, 0.25) is 10.0 Å². The number of benzene rings is 2. The van der Waals surface area contributed by atoms with E-state index < -0.39 is 5.76 Å². The summed E-state index contributed by atoms with van der Waals surface area (Å²) >= 11 is 13.7. The van der Waals surface area contributed by atoms with E-state index in [9.17, 15) is 13.6 Å². The molecule has 0 aliphatic rings. The third kappa shape index (κ3) is 5.75. The van der Waals surface area contributed by atoms with Gasteiger partial charge in [-0.2, -0.15) is 8.78 Å². The first-order valence-electron chi connectivity index (χ1n) is 7.97. The molecular weight excluding hydrogens is 463 g/mol. The van der Waals surface area contributed by atoms with Crippen molar-refractivity contribution in [2.24, 2.45) is 0 Å². The number of nitrogens with one attached hydrogen (secondary N) is 1. The highest BCUT2D eigenvalue weighted by atomic mass is 35.5. The second-order valence-corrected chi connectivity index (χ2v) is 8.39. The molecule has 0 spiro atoms. The van der Waals surface area contributed by atoms with Gasteiger partial charge in [-0.1, -0.05) is 46.7 Å². The zero-order valence-corrected chi connectivity index (χ0v) is 17.6. The lowest BCUT2D eigenvalue weighted by Gasteiger charge is -2.07.